The van der Waals surface area contributed by atoms with Crippen LogP contribution in [0.5, 0.6) is 0 Å². The zero-order valence-corrected chi connectivity index (χ0v) is 18.2. The van der Waals surface area contributed by atoms with Gasteiger partial charge < -0.3 is 15.1 Å². The smallest absolute Gasteiger partial charge is 0.317 e. The van der Waals surface area contributed by atoms with E-state index in [2.05, 4.69) is 52.7 Å². The van der Waals surface area contributed by atoms with Crippen LogP contribution in [0.1, 0.15) is 44.1 Å². The SMILES string of the molecule is CN(Cc1ccccc1-c1ccccc1)C(=O)NC1CCN(CC2CCCC2)CC1. The van der Waals surface area contributed by atoms with Crippen LogP contribution in [0.4, 0.5) is 4.79 Å². The number of amides is 2. The van der Waals surface area contributed by atoms with Crippen LogP contribution in [-0.4, -0.2) is 48.6 Å². The molecule has 0 aromatic heterocycles. The minimum atomic E-state index is 0.0344. The Morgan fingerprint density at radius 3 is 2.37 bits per heavy atom. The number of carbonyl (C=O) groups excluding carboxylic acids is 1. The van der Waals surface area contributed by atoms with Gasteiger partial charge in [0.2, 0.25) is 0 Å². The topological polar surface area (TPSA) is 35.6 Å². The number of carbonyl (C=O) groups is 1. The van der Waals surface area contributed by atoms with Crippen molar-refractivity contribution in [2.75, 3.05) is 26.7 Å². The van der Waals surface area contributed by atoms with E-state index < -0.39 is 0 Å². The predicted molar refractivity (Wildman–Crippen MR) is 123 cm³/mol. The van der Waals surface area contributed by atoms with E-state index >= 15 is 0 Å². The minimum Gasteiger partial charge on any atom is -0.335 e. The van der Waals surface area contributed by atoms with Gasteiger partial charge in [-0.1, -0.05) is 67.4 Å². The summed E-state index contributed by atoms with van der Waals surface area (Å²) in [6.45, 7) is 4.10. The van der Waals surface area contributed by atoms with Gasteiger partial charge in [0.15, 0.2) is 0 Å². The summed E-state index contributed by atoms with van der Waals surface area (Å²) in [5.74, 6) is 0.909. The zero-order chi connectivity index (χ0) is 20.8. The molecule has 1 N–H and O–H groups in total. The van der Waals surface area contributed by atoms with E-state index in [0.29, 0.717) is 12.6 Å². The lowest BCUT2D eigenvalue weighted by Gasteiger charge is -2.34. The van der Waals surface area contributed by atoms with Crippen molar-refractivity contribution in [2.24, 2.45) is 5.92 Å². The molecule has 1 aliphatic heterocycles. The number of hydrogen-bond donors (Lipinski definition) is 1. The first kappa shape index (κ1) is 20.9. The molecule has 0 spiro atoms. The second-order valence-corrected chi connectivity index (χ2v) is 9.05. The highest BCUT2D eigenvalue weighted by molar-refractivity contribution is 5.75. The van der Waals surface area contributed by atoms with Crippen LogP contribution in [0.3, 0.4) is 0 Å². The van der Waals surface area contributed by atoms with Crippen LogP contribution in [0.2, 0.25) is 0 Å². The zero-order valence-electron chi connectivity index (χ0n) is 18.2. The maximum Gasteiger partial charge on any atom is 0.317 e. The largest absolute Gasteiger partial charge is 0.335 e. The molecule has 1 saturated heterocycles. The van der Waals surface area contributed by atoms with E-state index in [-0.39, 0.29) is 6.03 Å². The molecule has 0 bridgehead atoms. The lowest BCUT2D eigenvalue weighted by Crippen LogP contribution is -2.48. The van der Waals surface area contributed by atoms with E-state index in [9.17, 15) is 4.79 Å². The third-order valence-corrected chi connectivity index (χ3v) is 6.76. The van der Waals surface area contributed by atoms with Crippen LogP contribution in [-0.2, 0) is 6.54 Å². The molecular formula is C26H35N3O. The molecule has 2 aromatic rings. The molecule has 4 heteroatoms. The van der Waals surface area contributed by atoms with Crippen molar-refractivity contribution in [3.63, 3.8) is 0 Å². The van der Waals surface area contributed by atoms with Gasteiger partial charge in [-0.2, -0.15) is 0 Å². The summed E-state index contributed by atoms with van der Waals surface area (Å²) in [4.78, 5) is 17.2. The Morgan fingerprint density at radius 2 is 1.63 bits per heavy atom. The first-order chi connectivity index (χ1) is 14.7. The Hall–Kier alpha value is -2.33. The average Bonchev–Trinajstić information content (AvgIpc) is 3.29. The van der Waals surface area contributed by atoms with Gasteiger partial charge in [-0.25, -0.2) is 4.79 Å². The van der Waals surface area contributed by atoms with Crippen molar-refractivity contribution in [1.29, 1.82) is 0 Å². The molecule has 2 amide bonds. The Bertz CT molecular complexity index is 808. The number of nitrogens with one attached hydrogen (secondary N) is 1. The molecule has 0 unspecified atom stereocenters. The standard InChI is InChI=1S/C26H35N3O/c1-28(20-23-13-7-8-14-25(23)22-11-3-2-4-12-22)26(30)27-24-15-17-29(18-16-24)19-21-9-5-6-10-21/h2-4,7-8,11-14,21,24H,5-6,9-10,15-20H2,1H3,(H,27,30). The van der Waals surface area contributed by atoms with Crippen molar-refractivity contribution in [3.8, 4) is 11.1 Å². The van der Waals surface area contributed by atoms with Gasteiger partial charge >= 0.3 is 6.03 Å². The van der Waals surface area contributed by atoms with E-state index in [1.54, 1.807) is 0 Å². The van der Waals surface area contributed by atoms with Gasteiger partial charge in [0.25, 0.3) is 0 Å². The summed E-state index contributed by atoms with van der Waals surface area (Å²) in [7, 11) is 1.90. The summed E-state index contributed by atoms with van der Waals surface area (Å²) in [6, 6.07) is 19.1. The number of rotatable bonds is 6. The van der Waals surface area contributed by atoms with E-state index in [1.165, 1.54) is 48.9 Å². The number of piperidine rings is 1. The third kappa shape index (κ3) is 5.42. The van der Waals surface area contributed by atoms with Crippen LogP contribution in [0.25, 0.3) is 11.1 Å². The highest BCUT2D eigenvalue weighted by Crippen LogP contribution is 2.27. The number of nitrogens with zero attached hydrogens (tertiary/aromatic N) is 2. The maximum absolute atomic E-state index is 12.8. The van der Waals surface area contributed by atoms with Gasteiger partial charge in [-0.05, 0) is 48.3 Å². The average molecular weight is 406 g/mol. The van der Waals surface area contributed by atoms with Gasteiger partial charge in [0.1, 0.15) is 0 Å². The molecule has 4 nitrogen and oxygen atoms in total. The van der Waals surface area contributed by atoms with Crippen molar-refractivity contribution < 1.29 is 4.79 Å². The lowest BCUT2D eigenvalue weighted by molar-refractivity contribution is 0.163. The monoisotopic (exact) mass is 405 g/mol. The molecule has 30 heavy (non-hydrogen) atoms. The molecule has 1 saturated carbocycles. The summed E-state index contributed by atoms with van der Waals surface area (Å²) in [5, 5.41) is 3.27. The molecule has 4 rings (SSSR count). The first-order valence-corrected chi connectivity index (χ1v) is 11.6. The van der Waals surface area contributed by atoms with Crippen molar-refractivity contribution in [2.45, 2.75) is 51.1 Å². The van der Waals surface area contributed by atoms with Crippen LogP contribution in [0.15, 0.2) is 54.6 Å². The molecule has 0 radical (unpaired) electrons. The molecule has 1 heterocycles. The molecule has 0 atom stereocenters. The lowest BCUT2D eigenvalue weighted by atomic mass is 9.99. The number of likely N-dealkylation sites (tertiary alicyclic amines) is 1. The number of benzene rings is 2. The quantitative estimate of drug-likeness (QED) is 0.721. The first-order valence-electron chi connectivity index (χ1n) is 11.6. The Labute approximate surface area is 181 Å². The number of hydrogen-bond acceptors (Lipinski definition) is 2. The van der Waals surface area contributed by atoms with E-state index in [1.807, 2.05) is 24.1 Å². The number of urea groups is 1. The van der Waals surface area contributed by atoms with E-state index in [4.69, 9.17) is 0 Å². The Kier molecular flexibility index (Phi) is 7.06. The summed E-state index contributed by atoms with van der Waals surface area (Å²) < 4.78 is 0. The summed E-state index contributed by atoms with van der Waals surface area (Å²) >= 11 is 0. The van der Waals surface area contributed by atoms with E-state index in [0.717, 1.165) is 31.8 Å². The normalized spacial score (nSPS) is 18.4. The molecule has 2 fully saturated rings. The van der Waals surface area contributed by atoms with Crippen LogP contribution >= 0.6 is 0 Å². The van der Waals surface area contributed by atoms with Crippen molar-refractivity contribution in [1.82, 2.24) is 15.1 Å². The van der Waals surface area contributed by atoms with Crippen LogP contribution in [0, 0.1) is 5.92 Å². The molecule has 160 valence electrons. The third-order valence-electron chi connectivity index (χ3n) is 6.76. The predicted octanol–water partition coefficient (Wildman–Crippen LogP) is 5.15. The summed E-state index contributed by atoms with van der Waals surface area (Å²) in [5.41, 5.74) is 3.56. The van der Waals surface area contributed by atoms with Gasteiger partial charge in [-0.3, -0.25) is 0 Å². The fraction of sp³-hybridized carbons (Fsp3) is 0.500. The fourth-order valence-corrected chi connectivity index (χ4v) is 4.99. The summed E-state index contributed by atoms with van der Waals surface area (Å²) in [6.07, 6.45) is 7.77. The van der Waals surface area contributed by atoms with Gasteiger partial charge in [0.05, 0.1) is 0 Å². The van der Waals surface area contributed by atoms with Gasteiger partial charge in [0, 0.05) is 39.3 Å². The molecular weight excluding hydrogens is 370 g/mol. The second kappa shape index (κ2) is 10.1. The highest BCUT2D eigenvalue weighted by Gasteiger charge is 2.25. The van der Waals surface area contributed by atoms with Crippen LogP contribution < -0.4 is 5.32 Å². The van der Waals surface area contributed by atoms with Crippen molar-refractivity contribution >= 4 is 6.03 Å². The molecule has 1 aliphatic carbocycles. The Morgan fingerprint density at radius 1 is 0.967 bits per heavy atom. The van der Waals surface area contributed by atoms with Crippen molar-refractivity contribution in [3.05, 3.63) is 60.2 Å². The molecule has 2 aromatic carbocycles. The second-order valence-electron chi connectivity index (χ2n) is 9.05. The minimum absolute atomic E-state index is 0.0344. The molecule has 2 aliphatic rings. The highest BCUT2D eigenvalue weighted by atomic mass is 16.2. The van der Waals surface area contributed by atoms with Gasteiger partial charge in [-0.15, -0.1) is 0 Å². The Balaban J connectivity index is 1.28. The fourth-order valence-electron chi connectivity index (χ4n) is 4.99. The maximum atomic E-state index is 12.8.